The second-order valence-electron chi connectivity index (χ2n) is 6.85. The van der Waals surface area contributed by atoms with Crippen LogP contribution in [0, 0.1) is 17.0 Å². The Morgan fingerprint density at radius 2 is 2.00 bits per heavy atom. The van der Waals surface area contributed by atoms with Crippen LogP contribution in [0.4, 0.5) is 20.2 Å². The monoisotopic (exact) mass is 464 g/mol. The third kappa shape index (κ3) is 4.89. The van der Waals surface area contributed by atoms with Crippen LogP contribution in [0.3, 0.4) is 0 Å². The highest BCUT2D eigenvalue weighted by atomic mass is 32.2. The van der Waals surface area contributed by atoms with Crippen LogP contribution in [0.25, 0.3) is 0 Å². The third-order valence-corrected chi connectivity index (χ3v) is 6.03. The number of benzene rings is 2. The molecule has 0 fully saturated rings. The van der Waals surface area contributed by atoms with Gasteiger partial charge in [0.15, 0.2) is 11.6 Å². The van der Waals surface area contributed by atoms with Crippen molar-refractivity contribution in [3.63, 3.8) is 0 Å². The van der Waals surface area contributed by atoms with E-state index < -0.39 is 33.0 Å². The van der Waals surface area contributed by atoms with E-state index in [1.165, 1.54) is 13.2 Å². The van der Waals surface area contributed by atoms with Crippen molar-refractivity contribution in [2.75, 3.05) is 23.4 Å². The summed E-state index contributed by atoms with van der Waals surface area (Å²) in [5.74, 6) is 4.21. The van der Waals surface area contributed by atoms with Gasteiger partial charge in [-0.05, 0) is 48.4 Å². The average Bonchev–Trinajstić information content (AvgIpc) is 3.31. The summed E-state index contributed by atoms with van der Waals surface area (Å²) >= 11 is 0. The van der Waals surface area contributed by atoms with E-state index in [2.05, 4.69) is 0 Å². The molecule has 4 N–H and O–H groups in total. The molecule has 0 aliphatic carbocycles. The highest BCUT2D eigenvalue weighted by molar-refractivity contribution is 7.92. The Labute approximate surface area is 184 Å². The zero-order chi connectivity index (χ0) is 23.5. The van der Waals surface area contributed by atoms with Crippen molar-refractivity contribution in [2.45, 2.75) is 18.2 Å². The van der Waals surface area contributed by atoms with E-state index in [9.17, 15) is 12.8 Å². The third-order valence-electron chi connectivity index (χ3n) is 4.69. The highest BCUT2D eigenvalue weighted by Crippen LogP contribution is 2.30. The van der Waals surface area contributed by atoms with Crippen molar-refractivity contribution in [3.8, 4) is 5.75 Å². The van der Waals surface area contributed by atoms with E-state index >= 15 is 4.39 Å². The van der Waals surface area contributed by atoms with E-state index in [1.807, 2.05) is 17.7 Å². The number of anilines is 2. The minimum atomic E-state index is -4.15. The molecule has 0 amide bonds. The molecule has 0 saturated heterocycles. The molecule has 0 spiro atoms. The van der Waals surface area contributed by atoms with Gasteiger partial charge in [-0.3, -0.25) is 9.73 Å². The molecule has 1 aromatic heterocycles. The van der Waals surface area contributed by atoms with Crippen LogP contribution < -0.4 is 20.3 Å². The summed E-state index contributed by atoms with van der Waals surface area (Å²) in [6.07, 6.45) is 2.82. The molecule has 0 saturated carbocycles. The Kier molecular flexibility index (Phi) is 6.80. The second-order valence-corrected chi connectivity index (χ2v) is 8.53. The SMILES string of the molecule is CCc1cc(OC)cc(C(=N)CN(N)c2c(F)ccc(NS(=O)(=O)c3ccoc3)c2F)c1. The molecule has 0 unspecified atom stereocenters. The van der Waals surface area contributed by atoms with Crippen molar-refractivity contribution in [1.29, 1.82) is 5.41 Å². The number of hydrogen-bond donors (Lipinski definition) is 3. The molecule has 11 heteroatoms. The number of hydrogen-bond acceptors (Lipinski definition) is 7. The van der Waals surface area contributed by atoms with Gasteiger partial charge in [0.2, 0.25) is 0 Å². The van der Waals surface area contributed by atoms with Crippen LogP contribution in [-0.4, -0.2) is 27.8 Å². The molecule has 170 valence electrons. The first-order valence-corrected chi connectivity index (χ1v) is 11.0. The van der Waals surface area contributed by atoms with Gasteiger partial charge in [-0.2, -0.15) is 0 Å². The fourth-order valence-corrected chi connectivity index (χ4v) is 3.97. The molecule has 0 aliphatic rings. The quantitative estimate of drug-likeness (QED) is 0.252. The lowest BCUT2D eigenvalue weighted by Crippen LogP contribution is -2.37. The smallest absolute Gasteiger partial charge is 0.265 e. The van der Waals surface area contributed by atoms with Crippen LogP contribution in [0.1, 0.15) is 18.1 Å². The maximum atomic E-state index is 15.0. The van der Waals surface area contributed by atoms with Crippen molar-refractivity contribution in [2.24, 2.45) is 5.84 Å². The van der Waals surface area contributed by atoms with Gasteiger partial charge >= 0.3 is 0 Å². The number of halogens is 2. The van der Waals surface area contributed by atoms with Gasteiger partial charge in [-0.15, -0.1) is 0 Å². The Balaban J connectivity index is 1.88. The first-order valence-electron chi connectivity index (χ1n) is 9.47. The molecule has 0 atom stereocenters. The lowest BCUT2D eigenvalue weighted by atomic mass is 10.0. The average molecular weight is 464 g/mol. The van der Waals surface area contributed by atoms with Gasteiger partial charge in [0.1, 0.15) is 22.6 Å². The zero-order valence-electron chi connectivity index (χ0n) is 17.4. The largest absolute Gasteiger partial charge is 0.497 e. The molecule has 32 heavy (non-hydrogen) atoms. The summed E-state index contributed by atoms with van der Waals surface area (Å²) in [4.78, 5) is -0.223. The van der Waals surface area contributed by atoms with E-state index in [0.29, 0.717) is 22.7 Å². The molecule has 8 nitrogen and oxygen atoms in total. The van der Waals surface area contributed by atoms with Crippen LogP contribution in [0.15, 0.2) is 58.2 Å². The van der Waals surface area contributed by atoms with E-state index in [1.54, 1.807) is 12.1 Å². The van der Waals surface area contributed by atoms with Gasteiger partial charge in [0.05, 0.1) is 31.3 Å². The van der Waals surface area contributed by atoms with Crippen LogP contribution in [-0.2, 0) is 16.4 Å². The predicted octanol–water partition coefficient (Wildman–Crippen LogP) is 3.68. The maximum Gasteiger partial charge on any atom is 0.265 e. The molecule has 0 bridgehead atoms. The normalized spacial score (nSPS) is 11.3. The molecule has 2 aromatic carbocycles. The van der Waals surface area contributed by atoms with Gasteiger partial charge in [0, 0.05) is 5.56 Å². The minimum Gasteiger partial charge on any atom is -0.497 e. The number of methoxy groups -OCH3 is 1. The molecule has 3 rings (SSSR count). The highest BCUT2D eigenvalue weighted by Gasteiger charge is 2.23. The number of rotatable bonds is 9. The molecule has 0 radical (unpaired) electrons. The van der Waals surface area contributed by atoms with Gasteiger partial charge < -0.3 is 14.6 Å². The lowest BCUT2D eigenvalue weighted by molar-refractivity contribution is 0.414. The number of furan rings is 1. The fraction of sp³-hybridized carbons (Fsp3) is 0.190. The van der Waals surface area contributed by atoms with Crippen molar-refractivity contribution >= 4 is 27.1 Å². The summed E-state index contributed by atoms with van der Waals surface area (Å²) in [6, 6.07) is 8.22. The molecule has 1 heterocycles. The summed E-state index contributed by atoms with van der Waals surface area (Å²) < 4.78 is 66.2. The fourth-order valence-electron chi connectivity index (χ4n) is 2.99. The standard InChI is InChI=1S/C21H22F2N4O4S/c1-3-13-8-14(10-15(9-13)30-2)18(24)11-27(25)21-17(22)4-5-19(20(21)23)26-32(28,29)16-6-7-31-12-16/h4-10,12,24,26H,3,11,25H2,1-2H3. The Morgan fingerprint density at radius 3 is 2.62 bits per heavy atom. The Hall–Kier alpha value is -3.44. The predicted molar refractivity (Wildman–Crippen MR) is 117 cm³/mol. The molecule has 0 aliphatic heterocycles. The van der Waals surface area contributed by atoms with Crippen LogP contribution in [0.2, 0.25) is 0 Å². The zero-order valence-corrected chi connectivity index (χ0v) is 18.2. The number of hydrazine groups is 1. The molecular weight excluding hydrogens is 442 g/mol. The first kappa shape index (κ1) is 23.2. The minimum absolute atomic E-state index is 0.00993. The van der Waals surface area contributed by atoms with E-state index in [0.717, 1.165) is 30.2 Å². The first-order chi connectivity index (χ1) is 15.2. The number of nitrogens with two attached hydrogens (primary N) is 1. The number of nitrogens with zero attached hydrogens (tertiary/aromatic N) is 1. The van der Waals surface area contributed by atoms with Crippen molar-refractivity contribution in [3.05, 3.63) is 71.7 Å². The van der Waals surface area contributed by atoms with Crippen molar-refractivity contribution in [1.82, 2.24) is 0 Å². The van der Waals surface area contributed by atoms with Crippen molar-refractivity contribution < 1.29 is 26.4 Å². The van der Waals surface area contributed by atoms with E-state index in [4.69, 9.17) is 20.4 Å². The van der Waals surface area contributed by atoms with Gasteiger partial charge in [0.25, 0.3) is 10.0 Å². The number of sulfonamides is 1. The topological polar surface area (TPSA) is 122 Å². The van der Waals surface area contributed by atoms with Gasteiger partial charge in [-0.1, -0.05) is 6.92 Å². The number of nitrogens with one attached hydrogen (secondary N) is 2. The summed E-state index contributed by atoms with van der Waals surface area (Å²) in [7, 11) is -2.65. The Bertz CT molecular complexity index is 1210. The van der Waals surface area contributed by atoms with Crippen LogP contribution >= 0.6 is 0 Å². The number of ether oxygens (including phenoxy) is 1. The molecule has 3 aromatic rings. The maximum absolute atomic E-state index is 15.0. The summed E-state index contributed by atoms with van der Waals surface area (Å²) in [6.45, 7) is 1.60. The Morgan fingerprint density at radius 1 is 1.25 bits per heavy atom. The van der Waals surface area contributed by atoms with Crippen LogP contribution in [0.5, 0.6) is 5.75 Å². The number of aryl methyl sites for hydroxylation is 1. The summed E-state index contributed by atoms with van der Waals surface area (Å²) in [5.41, 5.74) is 0.208. The molecular formula is C21H22F2N4O4S. The second kappa shape index (κ2) is 9.37. The lowest BCUT2D eigenvalue weighted by Gasteiger charge is -2.22. The van der Waals surface area contributed by atoms with E-state index in [-0.39, 0.29) is 17.2 Å². The van der Waals surface area contributed by atoms with Gasteiger partial charge in [-0.25, -0.2) is 23.0 Å². The summed E-state index contributed by atoms with van der Waals surface area (Å²) in [5, 5.41) is 9.06.